The fraction of sp³-hybridized carbons (Fsp3) is 0.577. The van der Waals surface area contributed by atoms with Gasteiger partial charge in [-0.15, -0.1) is 6.42 Å². The third-order valence-corrected chi connectivity index (χ3v) is 4.53. The van der Waals surface area contributed by atoms with Crippen LogP contribution >= 0.6 is 0 Å². The molecule has 1 rings (SSSR count). The number of aliphatic hydroxyl groups is 1. The third-order valence-electron chi connectivity index (χ3n) is 4.53. The van der Waals surface area contributed by atoms with Crippen LogP contribution in [0.4, 0.5) is 4.79 Å². The number of carbonyl (C=O) groups excluding carboxylic acids is 3. The van der Waals surface area contributed by atoms with Gasteiger partial charge in [0, 0.05) is 16.6 Å². The number of benzene rings is 1. The zero-order chi connectivity index (χ0) is 26.5. The van der Waals surface area contributed by atoms with Gasteiger partial charge in [0.05, 0.1) is 6.61 Å². The van der Waals surface area contributed by atoms with Crippen LogP contribution < -0.4 is 10.6 Å². The van der Waals surface area contributed by atoms with E-state index in [9.17, 15) is 19.5 Å². The highest BCUT2D eigenvalue weighted by Gasteiger charge is 2.42. The Morgan fingerprint density at radius 3 is 1.94 bits per heavy atom. The van der Waals surface area contributed by atoms with Crippen molar-refractivity contribution < 1.29 is 24.2 Å². The van der Waals surface area contributed by atoms with Gasteiger partial charge in [0.2, 0.25) is 11.8 Å². The molecule has 0 saturated carbocycles. The summed E-state index contributed by atoms with van der Waals surface area (Å²) in [7, 11) is 0. The second kappa shape index (κ2) is 10.9. The number of hydrogen-bond acceptors (Lipinski definition) is 5. The van der Waals surface area contributed by atoms with E-state index in [0.717, 1.165) is 0 Å². The Morgan fingerprint density at radius 2 is 1.56 bits per heavy atom. The first-order valence-corrected chi connectivity index (χ1v) is 11.2. The minimum atomic E-state index is -1.32. The van der Waals surface area contributed by atoms with Gasteiger partial charge in [0.15, 0.2) is 0 Å². The van der Waals surface area contributed by atoms with Gasteiger partial charge in [-0.3, -0.25) is 9.59 Å². The van der Waals surface area contributed by atoms with Crippen LogP contribution in [0.2, 0.25) is 0 Å². The van der Waals surface area contributed by atoms with Crippen LogP contribution in [0.25, 0.3) is 0 Å². The summed E-state index contributed by atoms with van der Waals surface area (Å²) < 4.78 is 5.24. The van der Waals surface area contributed by atoms with E-state index in [1.807, 2.05) is 20.8 Å². The number of carbonyl (C=O) groups is 3. The molecule has 2 unspecified atom stereocenters. The Bertz CT molecular complexity index is 912. The second-order valence-corrected chi connectivity index (χ2v) is 11.2. The van der Waals surface area contributed by atoms with E-state index < -0.39 is 53.3 Å². The molecule has 0 bridgehead atoms. The van der Waals surface area contributed by atoms with Crippen LogP contribution in [0.5, 0.6) is 0 Å². The molecule has 8 heteroatoms. The highest BCUT2D eigenvalue weighted by molar-refractivity contribution is 5.93. The first-order chi connectivity index (χ1) is 15.4. The summed E-state index contributed by atoms with van der Waals surface area (Å²) >= 11 is 0. The van der Waals surface area contributed by atoms with Crippen molar-refractivity contribution in [2.45, 2.75) is 91.1 Å². The molecule has 34 heavy (non-hydrogen) atoms. The standard InChI is InChI=1S/C26H39N3O5/c1-11-17-12-14-18(15-13-17)20(21(31)28-24(2,3)4)29(25(5,6)7)22(32)19(16-30)27-23(33)34-26(8,9)10/h1,12-15,19-20,30H,16H2,2-10H3,(H,27,33)(H,28,31). The molecular formula is C26H39N3O5. The van der Waals surface area contributed by atoms with Gasteiger partial charge < -0.3 is 25.4 Å². The van der Waals surface area contributed by atoms with E-state index in [0.29, 0.717) is 11.1 Å². The summed E-state index contributed by atoms with van der Waals surface area (Å²) in [6.45, 7) is 15.3. The Labute approximate surface area is 203 Å². The fourth-order valence-electron chi connectivity index (χ4n) is 3.27. The number of alkyl carbamates (subject to hydrolysis) is 1. The average Bonchev–Trinajstić information content (AvgIpc) is 2.66. The van der Waals surface area contributed by atoms with E-state index in [2.05, 4.69) is 16.6 Å². The fourth-order valence-corrected chi connectivity index (χ4v) is 3.27. The molecule has 0 aliphatic rings. The van der Waals surface area contributed by atoms with E-state index in [4.69, 9.17) is 11.2 Å². The average molecular weight is 474 g/mol. The Morgan fingerprint density at radius 1 is 1.03 bits per heavy atom. The topological polar surface area (TPSA) is 108 Å². The predicted octanol–water partition coefficient (Wildman–Crippen LogP) is 3.14. The van der Waals surface area contributed by atoms with E-state index in [-0.39, 0.29) is 0 Å². The number of nitrogens with zero attached hydrogens (tertiary/aromatic N) is 1. The SMILES string of the molecule is C#Cc1ccc(C(C(=O)NC(C)(C)C)N(C(=O)C(CO)NC(=O)OC(C)(C)C)C(C)(C)C)cc1. The molecule has 0 heterocycles. The van der Waals surface area contributed by atoms with E-state index in [1.165, 1.54) is 4.90 Å². The lowest BCUT2D eigenvalue weighted by Gasteiger charge is -2.43. The van der Waals surface area contributed by atoms with Gasteiger partial charge in [0.1, 0.15) is 17.7 Å². The molecule has 1 aromatic carbocycles. The molecule has 0 spiro atoms. The number of hydrogen-bond donors (Lipinski definition) is 3. The number of terminal acetylenes is 1. The van der Waals surface area contributed by atoms with Gasteiger partial charge in [-0.1, -0.05) is 18.1 Å². The number of aliphatic hydroxyl groups excluding tert-OH is 1. The van der Waals surface area contributed by atoms with Gasteiger partial charge >= 0.3 is 6.09 Å². The van der Waals surface area contributed by atoms with Crippen LogP contribution in [0.15, 0.2) is 24.3 Å². The molecule has 0 saturated heterocycles. The van der Waals surface area contributed by atoms with Gasteiger partial charge in [-0.25, -0.2) is 4.79 Å². The first kappa shape index (κ1) is 29.0. The zero-order valence-electron chi connectivity index (χ0n) is 21.8. The maximum Gasteiger partial charge on any atom is 0.408 e. The minimum absolute atomic E-state index is 0.404. The second-order valence-electron chi connectivity index (χ2n) is 11.2. The molecule has 2 atom stereocenters. The lowest BCUT2D eigenvalue weighted by molar-refractivity contribution is -0.149. The smallest absolute Gasteiger partial charge is 0.408 e. The highest BCUT2D eigenvalue weighted by atomic mass is 16.6. The van der Waals surface area contributed by atoms with Crippen molar-refractivity contribution in [3.05, 3.63) is 35.4 Å². The molecule has 3 N–H and O–H groups in total. The van der Waals surface area contributed by atoms with Crippen molar-refractivity contribution in [3.63, 3.8) is 0 Å². The van der Waals surface area contributed by atoms with Crippen LogP contribution in [0.1, 0.15) is 79.5 Å². The van der Waals surface area contributed by atoms with Crippen molar-refractivity contribution in [1.82, 2.24) is 15.5 Å². The normalized spacial score (nSPS) is 13.8. The third kappa shape index (κ3) is 8.71. The minimum Gasteiger partial charge on any atom is -0.444 e. The monoisotopic (exact) mass is 473 g/mol. The number of nitrogens with one attached hydrogen (secondary N) is 2. The van der Waals surface area contributed by atoms with Crippen molar-refractivity contribution in [2.75, 3.05) is 6.61 Å². The quantitative estimate of drug-likeness (QED) is 0.550. The summed E-state index contributed by atoms with van der Waals surface area (Å²) in [5.41, 5.74) is -1.04. The molecule has 1 aromatic rings. The molecule has 0 aromatic heterocycles. The molecule has 0 aliphatic carbocycles. The maximum atomic E-state index is 13.7. The van der Waals surface area contributed by atoms with Crippen molar-refractivity contribution >= 4 is 17.9 Å². The van der Waals surface area contributed by atoms with Gasteiger partial charge in [-0.05, 0) is 80.0 Å². The molecule has 3 amide bonds. The molecule has 0 fully saturated rings. The van der Waals surface area contributed by atoms with Crippen molar-refractivity contribution in [1.29, 1.82) is 0 Å². The van der Waals surface area contributed by atoms with Crippen LogP contribution in [-0.2, 0) is 14.3 Å². The highest BCUT2D eigenvalue weighted by Crippen LogP contribution is 2.30. The molecular weight excluding hydrogens is 434 g/mol. The lowest BCUT2D eigenvalue weighted by atomic mass is 9.94. The zero-order valence-corrected chi connectivity index (χ0v) is 21.8. The first-order valence-electron chi connectivity index (χ1n) is 11.2. The summed E-state index contributed by atoms with van der Waals surface area (Å²) in [5, 5.41) is 15.3. The predicted molar refractivity (Wildman–Crippen MR) is 132 cm³/mol. The molecule has 0 radical (unpaired) electrons. The van der Waals surface area contributed by atoms with Gasteiger partial charge in [-0.2, -0.15) is 0 Å². The van der Waals surface area contributed by atoms with E-state index in [1.54, 1.807) is 65.8 Å². The molecule has 8 nitrogen and oxygen atoms in total. The Hall–Kier alpha value is -3.05. The van der Waals surface area contributed by atoms with Crippen LogP contribution in [0.3, 0.4) is 0 Å². The summed E-state index contributed by atoms with van der Waals surface area (Å²) in [5.74, 6) is 1.50. The Kier molecular flexibility index (Phi) is 9.31. The van der Waals surface area contributed by atoms with Crippen LogP contribution in [0, 0.1) is 12.3 Å². The Balaban J connectivity index is 3.52. The molecule has 0 aliphatic heterocycles. The van der Waals surface area contributed by atoms with Gasteiger partial charge in [0.25, 0.3) is 0 Å². The van der Waals surface area contributed by atoms with Crippen molar-refractivity contribution in [2.24, 2.45) is 0 Å². The summed E-state index contributed by atoms with van der Waals surface area (Å²) in [6, 6.07) is 4.42. The maximum absolute atomic E-state index is 13.7. The largest absolute Gasteiger partial charge is 0.444 e. The molecule has 188 valence electrons. The number of rotatable bonds is 6. The van der Waals surface area contributed by atoms with E-state index >= 15 is 0 Å². The van der Waals surface area contributed by atoms with Crippen LogP contribution in [-0.4, -0.2) is 57.2 Å². The lowest BCUT2D eigenvalue weighted by Crippen LogP contribution is -2.60. The summed E-state index contributed by atoms with van der Waals surface area (Å²) in [4.78, 5) is 40.9. The number of ether oxygens (including phenoxy) is 1. The summed E-state index contributed by atoms with van der Waals surface area (Å²) in [6.07, 6.45) is 4.63. The van der Waals surface area contributed by atoms with Crippen molar-refractivity contribution in [3.8, 4) is 12.3 Å². The number of amides is 3.